The molecule has 0 heterocycles. The third-order valence-corrected chi connectivity index (χ3v) is 6.52. The number of anilines is 1. The van der Waals surface area contributed by atoms with E-state index in [9.17, 15) is 24.5 Å². The van der Waals surface area contributed by atoms with Gasteiger partial charge in [0.2, 0.25) is 0 Å². The molecule has 0 fully saturated rings. The fourth-order valence-corrected chi connectivity index (χ4v) is 4.16. The number of allylic oxidation sites excluding steroid dienone is 1. The lowest BCUT2D eigenvalue weighted by atomic mass is 10.1. The summed E-state index contributed by atoms with van der Waals surface area (Å²) in [5, 5.41) is 16.2. The summed E-state index contributed by atoms with van der Waals surface area (Å²) in [6.45, 7) is 0. The number of nitro benzene ring substituents is 1. The normalized spacial score (nSPS) is 11.0. The first-order valence-corrected chi connectivity index (χ1v) is 13.5. The van der Waals surface area contributed by atoms with E-state index in [0.29, 0.717) is 45.2 Å². The van der Waals surface area contributed by atoms with E-state index in [1.807, 2.05) is 0 Å². The lowest BCUT2D eigenvalue weighted by molar-refractivity contribution is -0.384. The van der Waals surface area contributed by atoms with Gasteiger partial charge >= 0.3 is 0 Å². The number of non-ortho nitro benzene ring substituents is 1. The largest absolute Gasteiger partial charge is 0.496 e. The fourth-order valence-electron chi connectivity index (χ4n) is 4.16. The predicted octanol–water partition coefficient (Wildman–Crippen LogP) is 5.93. The molecule has 2 amide bonds. The molecule has 11 nitrogen and oxygen atoms in total. The molecule has 0 unspecified atom stereocenters. The van der Waals surface area contributed by atoms with Crippen molar-refractivity contribution in [1.82, 2.24) is 5.32 Å². The lowest BCUT2D eigenvalue weighted by Crippen LogP contribution is -2.30. The minimum atomic E-state index is -0.631. The fraction of sp³-hybridized carbons (Fsp3) is 0.0882. The van der Waals surface area contributed by atoms with Crippen LogP contribution in [0, 0.1) is 10.1 Å². The smallest absolute Gasteiger partial charge is 0.272 e. The summed E-state index contributed by atoms with van der Waals surface area (Å²) in [5.74, 6) is -0.255. The van der Waals surface area contributed by atoms with Crippen molar-refractivity contribution in [2.24, 2.45) is 0 Å². The molecule has 2 N–H and O–H groups in total. The van der Waals surface area contributed by atoms with E-state index in [-0.39, 0.29) is 17.2 Å². The van der Waals surface area contributed by atoms with Gasteiger partial charge in [-0.25, -0.2) is 0 Å². The molecule has 0 atom stereocenters. The average Bonchev–Trinajstić information content (AvgIpc) is 3.07. The summed E-state index contributed by atoms with van der Waals surface area (Å²) in [6.07, 6.45) is 4.36. The Kier molecular flexibility index (Phi) is 10.4. The molecule has 45 heavy (non-hydrogen) atoms. The minimum absolute atomic E-state index is 0.0448. The van der Waals surface area contributed by atoms with E-state index in [1.54, 1.807) is 84.9 Å². The van der Waals surface area contributed by atoms with Crippen molar-refractivity contribution in [3.63, 3.8) is 0 Å². The number of benzene rings is 4. The Morgan fingerprint density at radius 2 is 1.38 bits per heavy atom. The van der Waals surface area contributed by atoms with Crippen LogP contribution in [0.4, 0.5) is 11.4 Å². The second kappa shape index (κ2) is 14.8. The zero-order valence-electron chi connectivity index (χ0n) is 24.6. The second-order valence-electron chi connectivity index (χ2n) is 9.41. The van der Waals surface area contributed by atoms with Crippen LogP contribution >= 0.6 is 0 Å². The molecule has 0 aromatic heterocycles. The number of carbonyl (C=O) groups excluding carboxylic acids is 3. The Labute approximate surface area is 258 Å². The lowest BCUT2D eigenvalue weighted by Gasteiger charge is -2.15. The number of carbonyl (C=O) groups is 3. The van der Waals surface area contributed by atoms with Gasteiger partial charge in [-0.2, -0.15) is 0 Å². The maximum atomic E-state index is 13.5. The number of hydrogen-bond acceptors (Lipinski definition) is 8. The molecule has 0 aliphatic carbocycles. The van der Waals surface area contributed by atoms with Crippen LogP contribution in [-0.2, 0) is 4.79 Å². The van der Waals surface area contributed by atoms with Crippen molar-refractivity contribution in [3.8, 4) is 17.2 Å². The number of methoxy groups -OCH3 is 3. The summed E-state index contributed by atoms with van der Waals surface area (Å²) >= 11 is 0. The topological polar surface area (TPSA) is 146 Å². The van der Waals surface area contributed by atoms with Crippen LogP contribution in [0.1, 0.15) is 31.8 Å². The molecule has 4 aromatic rings. The van der Waals surface area contributed by atoms with Gasteiger partial charge in [-0.3, -0.25) is 24.5 Å². The van der Waals surface area contributed by atoms with E-state index in [2.05, 4.69) is 10.6 Å². The van der Waals surface area contributed by atoms with Crippen LogP contribution in [0.2, 0.25) is 0 Å². The minimum Gasteiger partial charge on any atom is -0.496 e. The third kappa shape index (κ3) is 8.20. The van der Waals surface area contributed by atoms with Gasteiger partial charge < -0.3 is 24.8 Å². The molecule has 228 valence electrons. The van der Waals surface area contributed by atoms with Crippen molar-refractivity contribution in [1.29, 1.82) is 0 Å². The first-order chi connectivity index (χ1) is 21.7. The molecular weight excluding hydrogens is 578 g/mol. The van der Waals surface area contributed by atoms with E-state index < -0.39 is 16.7 Å². The monoisotopic (exact) mass is 607 g/mol. The van der Waals surface area contributed by atoms with E-state index in [0.717, 1.165) is 0 Å². The number of ketones is 1. The zero-order chi connectivity index (χ0) is 32.3. The molecule has 11 heteroatoms. The summed E-state index contributed by atoms with van der Waals surface area (Å²) in [6, 6.07) is 23.6. The highest BCUT2D eigenvalue weighted by Gasteiger charge is 2.18. The highest BCUT2D eigenvalue weighted by Crippen LogP contribution is 2.35. The van der Waals surface area contributed by atoms with E-state index >= 15 is 0 Å². The maximum absolute atomic E-state index is 13.5. The third-order valence-electron chi connectivity index (χ3n) is 6.52. The van der Waals surface area contributed by atoms with Crippen LogP contribution in [0.15, 0.2) is 103 Å². The van der Waals surface area contributed by atoms with Gasteiger partial charge in [-0.15, -0.1) is 0 Å². The van der Waals surface area contributed by atoms with Gasteiger partial charge in [-0.1, -0.05) is 24.3 Å². The van der Waals surface area contributed by atoms with Crippen molar-refractivity contribution in [2.75, 3.05) is 26.6 Å². The van der Waals surface area contributed by atoms with Gasteiger partial charge in [0.25, 0.3) is 17.5 Å². The highest BCUT2D eigenvalue weighted by molar-refractivity contribution is 6.11. The van der Waals surface area contributed by atoms with Crippen molar-refractivity contribution in [2.45, 2.75) is 0 Å². The number of nitrogens with zero attached hydrogens (tertiary/aromatic N) is 1. The van der Waals surface area contributed by atoms with Crippen molar-refractivity contribution >= 4 is 41.1 Å². The zero-order valence-corrected chi connectivity index (χ0v) is 24.6. The average molecular weight is 608 g/mol. The Morgan fingerprint density at radius 1 is 0.756 bits per heavy atom. The highest BCUT2D eigenvalue weighted by atomic mass is 16.6. The van der Waals surface area contributed by atoms with Crippen molar-refractivity contribution < 1.29 is 33.5 Å². The molecule has 0 spiro atoms. The van der Waals surface area contributed by atoms with Crippen LogP contribution in [-0.4, -0.2) is 43.9 Å². The number of amides is 2. The van der Waals surface area contributed by atoms with Gasteiger partial charge in [-0.05, 0) is 72.3 Å². The molecule has 0 bridgehead atoms. The molecule has 4 rings (SSSR count). The molecule has 0 aliphatic heterocycles. The van der Waals surface area contributed by atoms with E-state index in [1.165, 1.54) is 45.6 Å². The predicted molar refractivity (Wildman–Crippen MR) is 170 cm³/mol. The maximum Gasteiger partial charge on any atom is 0.272 e. The van der Waals surface area contributed by atoms with Crippen LogP contribution in [0.3, 0.4) is 0 Å². The van der Waals surface area contributed by atoms with Gasteiger partial charge in [0.1, 0.15) is 11.4 Å². The molecule has 4 aromatic carbocycles. The molecule has 0 aliphatic rings. The molecule has 0 saturated heterocycles. The Bertz CT molecular complexity index is 1760. The summed E-state index contributed by atoms with van der Waals surface area (Å²) in [4.78, 5) is 49.5. The first kappa shape index (κ1) is 31.7. The molecule has 0 radical (unpaired) electrons. The standard InChI is InChI=1S/C34H29N3O8/c1-43-30-21-32(45-3)31(44-2)20-25(30)19-28(36-33(39)24-7-5-4-6-8-24)34(40)35-26-14-12-23(13-15-26)29(38)18-11-22-9-16-27(17-10-22)37(41)42/h4-21H,1-3H3,(H,35,40)(H,36,39)/b18-11+,28-19-. The number of ether oxygens (including phenoxy) is 3. The molecular formula is C34H29N3O8. The van der Waals surface area contributed by atoms with Gasteiger partial charge in [0.05, 0.1) is 26.3 Å². The molecule has 0 saturated carbocycles. The number of nitro groups is 1. The number of hydrogen-bond donors (Lipinski definition) is 2. The van der Waals surface area contributed by atoms with Gasteiger partial charge in [0, 0.05) is 40.6 Å². The van der Waals surface area contributed by atoms with Gasteiger partial charge in [0.15, 0.2) is 17.3 Å². The Morgan fingerprint density at radius 3 is 1.98 bits per heavy atom. The van der Waals surface area contributed by atoms with Crippen LogP contribution in [0.5, 0.6) is 17.2 Å². The van der Waals surface area contributed by atoms with E-state index in [4.69, 9.17) is 14.2 Å². The number of rotatable bonds is 12. The Balaban J connectivity index is 1.56. The number of nitrogens with one attached hydrogen (secondary N) is 2. The quantitative estimate of drug-likeness (QED) is 0.0873. The van der Waals surface area contributed by atoms with Crippen LogP contribution < -0.4 is 24.8 Å². The summed E-state index contributed by atoms with van der Waals surface area (Å²) in [7, 11) is 4.42. The first-order valence-electron chi connectivity index (χ1n) is 13.5. The second-order valence-corrected chi connectivity index (χ2v) is 9.41. The summed E-state index contributed by atoms with van der Waals surface area (Å²) < 4.78 is 16.2. The Hall–Kier alpha value is -6.23. The van der Waals surface area contributed by atoms with Crippen LogP contribution in [0.25, 0.3) is 12.2 Å². The van der Waals surface area contributed by atoms with Crippen molar-refractivity contribution in [3.05, 3.63) is 135 Å². The summed E-state index contributed by atoms with van der Waals surface area (Å²) in [5.41, 5.74) is 2.01. The SMILES string of the molecule is COc1cc(OC)c(OC)cc1/C=C(\NC(=O)c1ccccc1)C(=O)Nc1ccc(C(=O)/C=C/c2ccc([N+](=O)[O-])cc2)cc1.